The van der Waals surface area contributed by atoms with Gasteiger partial charge in [-0.05, 0) is 31.0 Å². The van der Waals surface area contributed by atoms with Crippen molar-refractivity contribution in [2.75, 3.05) is 25.5 Å². The summed E-state index contributed by atoms with van der Waals surface area (Å²) in [7, 11) is 1.71. The molecular weight excluding hydrogens is 316 g/mol. The smallest absolute Gasteiger partial charge is 0.321 e. The molecule has 25 heavy (non-hydrogen) atoms. The first kappa shape index (κ1) is 18.8. The van der Waals surface area contributed by atoms with Crippen molar-refractivity contribution >= 4 is 11.7 Å². The maximum absolute atomic E-state index is 12.1. The third kappa shape index (κ3) is 6.85. The van der Waals surface area contributed by atoms with E-state index in [1.807, 2.05) is 42.5 Å². The lowest BCUT2D eigenvalue weighted by atomic mass is 10.2. The minimum absolute atomic E-state index is 0.206. The zero-order valence-electron chi connectivity index (χ0n) is 14.8. The van der Waals surface area contributed by atoms with Crippen molar-refractivity contribution in [3.05, 3.63) is 60.2 Å². The van der Waals surface area contributed by atoms with Crippen molar-refractivity contribution in [1.82, 2.24) is 4.90 Å². The number of aliphatic hydroxyl groups is 1. The fraction of sp³-hybridized carbons (Fsp3) is 0.350. The quantitative estimate of drug-likeness (QED) is 0.771. The molecular formula is C20H26N2O3. The molecule has 2 rings (SSSR count). The number of hydrogen-bond donors (Lipinski definition) is 2. The lowest BCUT2D eigenvalue weighted by Gasteiger charge is -2.19. The maximum Gasteiger partial charge on any atom is 0.321 e. The number of benzene rings is 2. The number of aliphatic hydroxyl groups excluding tert-OH is 1. The molecule has 0 saturated carbocycles. The van der Waals surface area contributed by atoms with Gasteiger partial charge >= 0.3 is 6.03 Å². The van der Waals surface area contributed by atoms with Crippen LogP contribution in [0, 0.1) is 0 Å². The molecule has 2 amide bonds. The van der Waals surface area contributed by atoms with Gasteiger partial charge in [0.1, 0.15) is 5.75 Å². The van der Waals surface area contributed by atoms with Gasteiger partial charge in [-0.15, -0.1) is 0 Å². The second-order valence-corrected chi connectivity index (χ2v) is 6.10. The Kier molecular flexibility index (Phi) is 7.29. The highest BCUT2D eigenvalue weighted by molar-refractivity contribution is 5.89. The largest absolute Gasteiger partial charge is 0.493 e. The second kappa shape index (κ2) is 9.69. The second-order valence-electron chi connectivity index (χ2n) is 6.10. The van der Waals surface area contributed by atoms with Crippen LogP contribution >= 0.6 is 0 Å². The molecule has 134 valence electrons. The van der Waals surface area contributed by atoms with Crippen LogP contribution in [0.4, 0.5) is 10.5 Å². The Balaban J connectivity index is 1.82. The van der Waals surface area contributed by atoms with Crippen molar-refractivity contribution in [3.63, 3.8) is 0 Å². The minimum Gasteiger partial charge on any atom is -0.493 e. The Morgan fingerprint density at radius 2 is 1.96 bits per heavy atom. The van der Waals surface area contributed by atoms with E-state index in [4.69, 9.17) is 4.74 Å². The molecule has 0 spiro atoms. The van der Waals surface area contributed by atoms with Crippen LogP contribution in [0.2, 0.25) is 0 Å². The first-order valence-electron chi connectivity index (χ1n) is 8.51. The van der Waals surface area contributed by atoms with Gasteiger partial charge in [0, 0.05) is 31.8 Å². The van der Waals surface area contributed by atoms with E-state index >= 15 is 0 Å². The molecule has 1 unspecified atom stereocenters. The normalized spacial score (nSPS) is 11.6. The Bertz CT molecular complexity index is 659. The standard InChI is InChI=1S/C20H26N2O3/c1-16(23)11-13-22(2)20(24)21-18-9-6-10-19(15-18)25-14-12-17-7-4-3-5-8-17/h3-10,15-16,23H,11-14H2,1-2H3,(H,21,24). The molecule has 2 aromatic carbocycles. The lowest BCUT2D eigenvalue weighted by Crippen LogP contribution is -2.33. The van der Waals surface area contributed by atoms with E-state index in [9.17, 15) is 9.90 Å². The average Bonchev–Trinajstić information content (AvgIpc) is 2.61. The van der Waals surface area contributed by atoms with Gasteiger partial charge in [0.25, 0.3) is 0 Å². The number of nitrogens with one attached hydrogen (secondary N) is 1. The molecule has 2 N–H and O–H groups in total. The number of nitrogens with zero attached hydrogens (tertiary/aromatic N) is 1. The number of anilines is 1. The van der Waals surface area contributed by atoms with Crippen LogP contribution in [0.3, 0.4) is 0 Å². The summed E-state index contributed by atoms with van der Waals surface area (Å²) in [6, 6.07) is 17.3. The maximum atomic E-state index is 12.1. The van der Waals surface area contributed by atoms with Crippen molar-refractivity contribution in [1.29, 1.82) is 0 Å². The highest BCUT2D eigenvalue weighted by atomic mass is 16.5. The predicted octanol–water partition coefficient (Wildman–Crippen LogP) is 3.54. The summed E-state index contributed by atoms with van der Waals surface area (Å²) in [5.41, 5.74) is 1.91. The summed E-state index contributed by atoms with van der Waals surface area (Å²) >= 11 is 0. The number of ether oxygens (including phenoxy) is 1. The summed E-state index contributed by atoms with van der Waals surface area (Å²) < 4.78 is 5.77. The van der Waals surface area contributed by atoms with Crippen molar-refractivity contribution in [2.45, 2.75) is 25.9 Å². The van der Waals surface area contributed by atoms with E-state index < -0.39 is 6.10 Å². The number of amides is 2. The van der Waals surface area contributed by atoms with Gasteiger partial charge in [0.05, 0.1) is 12.7 Å². The Hall–Kier alpha value is -2.53. The molecule has 0 heterocycles. The number of urea groups is 1. The van der Waals surface area contributed by atoms with E-state index in [0.29, 0.717) is 25.3 Å². The van der Waals surface area contributed by atoms with Crippen molar-refractivity contribution in [2.24, 2.45) is 0 Å². The zero-order valence-corrected chi connectivity index (χ0v) is 14.8. The number of carbonyl (C=O) groups is 1. The third-order valence-corrected chi connectivity index (χ3v) is 3.82. The summed E-state index contributed by atoms with van der Waals surface area (Å²) in [5, 5.41) is 12.1. The van der Waals surface area contributed by atoms with E-state index in [1.165, 1.54) is 5.56 Å². The molecule has 0 saturated heterocycles. The Morgan fingerprint density at radius 3 is 2.68 bits per heavy atom. The first-order valence-corrected chi connectivity index (χ1v) is 8.51. The molecule has 0 radical (unpaired) electrons. The van der Waals surface area contributed by atoms with Gasteiger partial charge < -0.3 is 20.1 Å². The van der Waals surface area contributed by atoms with E-state index in [0.717, 1.165) is 12.2 Å². The van der Waals surface area contributed by atoms with Gasteiger partial charge in [0.2, 0.25) is 0 Å². The number of rotatable bonds is 8. The monoisotopic (exact) mass is 342 g/mol. The number of carbonyl (C=O) groups excluding carboxylic acids is 1. The van der Waals surface area contributed by atoms with Crippen LogP contribution < -0.4 is 10.1 Å². The molecule has 2 aromatic rings. The average molecular weight is 342 g/mol. The van der Waals surface area contributed by atoms with Crippen LogP contribution in [0.15, 0.2) is 54.6 Å². The van der Waals surface area contributed by atoms with Gasteiger partial charge in [-0.2, -0.15) is 0 Å². The van der Waals surface area contributed by atoms with E-state index in [1.54, 1.807) is 18.9 Å². The SMILES string of the molecule is CC(O)CCN(C)C(=O)Nc1cccc(OCCc2ccccc2)c1. The fourth-order valence-electron chi connectivity index (χ4n) is 2.30. The van der Waals surface area contributed by atoms with Gasteiger partial charge in [-0.25, -0.2) is 4.79 Å². The summed E-state index contributed by atoms with van der Waals surface area (Å²) in [6.07, 6.45) is 0.961. The van der Waals surface area contributed by atoms with Crippen LogP contribution in [0.1, 0.15) is 18.9 Å². The highest BCUT2D eigenvalue weighted by Crippen LogP contribution is 2.18. The number of hydrogen-bond acceptors (Lipinski definition) is 3. The van der Waals surface area contributed by atoms with E-state index in [2.05, 4.69) is 17.4 Å². The molecule has 0 aliphatic rings. The molecule has 5 nitrogen and oxygen atoms in total. The molecule has 0 bridgehead atoms. The van der Waals surface area contributed by atoms with Crippen LogP contribution in [-0.2, 0) is 6.42 Å². The zero-order chi connectivity index (χ0) is 18.1. The molecule has 0 fully saturated rings. The lowest BCUT2D eigenvalue weighted by molar-refractivity contribution is 0.167. The van der Waals surface area contributed by atoms with Crippen LogP contribution in [0.5, 0.6) is 5.75 Å². The topological polar surface area (TPSA) is 61.8 Å². The predicted molar refractivity (Wildman–Crippen MR) is 100 cm³/mol. The molecule has 0 aromatic heterocycles. The summed E-state index contributed by atoms with van der Waals surface area (Å²) in [6.45, 7) is 2.79. The van der Waals surface area contributed by atoms with Crippen molar-refractivity contribution < 1.29 is 14.6 Å². The van der Waals surface area contributed by atoms with E-state index in [-0.39, 0.29) is 6.03 Å². The van der Waals surface area contributed by atoms with Gasteiger partial charge in [-0.3, -0.25) is 0 Å². The molecule has 0 aliphatic heterocycles. The minimum atomic E-state index is -0.420. The summed E-state index contributed by atoms with van der Waals surface area (Å²) in [4.78, 5) is 13.7. The fourth-order valence-corrected chi connectivity index (χ4v) is 2.30. The van der Waals surface area contributed by atoms with Gasteiger partial charge in [0.15, 0.2) is 0 Å². The van der Waals surface area contributed by atoms with Crippen molar-refractivity contribution in [3.8, 4) is 5.75 Å². The first-order chi connectivity index (χ1) is 12.0. The molecule has 0 aliphatic carbocycles. The van der Waals surface area contributed by atoms with Crippen LogP contribution in [-0.4, -0.2) is 42.3 Å². The third-order valence-electron chi connectivity index (χ3n) is 3.82. The summed E-state index contributed by atoms with van der Waals surface area (Å²) in [5.74, 6) is 0.723. The highest BCUT2D eigenvalue weighted by Gasteiger charge is 2.10. The Labute approximate surface area is 149 Å². The Morgan fingerprint density at radius 1 is 1.20 bits per heavy atom. The van der Waals surface area contributed by atoms with Gasteiger partial charge in [-0.1, -0.05) is 36.4 Å². The molecule has 5 heteroatoms. The molecule has 1 atom stereocenters. The van der Waals surface area contributed by atoms with Crippen LogP contribution in [0.25, 0.3) is 0 Å².